The summed E-state index contributed by atoms with van der Waals surface area (Å²) in [6.45, 7) is 2.23. The average molecular weight is 467 g/mol. The predicted molar refractivity (Wildman–Crippen MR) is 135 cm³/mol. The molecule has 0 amide bonds. The Morgan fingerprint density at radius 3 is 2.25 bits per heavy atom. The summed E-state index contributed by atoms with van der Waals surface area (Å²) in [4.78, 5) is 21.2. The minimum atomic E-state index is -0.851. The van der Waals surface area contributed by atoms with Crippen molar-refractivity contribution in [3.05, 3.63) is 48.6 Å². The second-order valence-electron chi connectivity index (χ2n) is 7.80. The largest absolute Gasteiger partial charge is 0.481 e. The minimum Gasteiger partial charge on any atom is -0.481 e. The number of thioether (sulfide) groups is 1. The number of carboxylic acid groups (broad SMARTS) is 2. The van der Waals surface area contributed by atoms with Crippen molar-refractivity contribution in [3.63, 3.8) is 0 Å². The Bertz CT molecular complexity index is 595. The number of carboxylic acids is 2. The first-order valence-electron chi connectivity index (χ1n) is 11.9. The van der Waals surface area contributed by atoms with Crippen molar-refractivity contribution < 1.29 is 24.9 Å². The first-order chi connectivity index (χ1) is 15.5. The molecule has 0 aliphatic carbocycles. The van der Waals surface area contributed by atoms with Crippen LogP contribution in [0.1, 0.15) is 84.0 Å². The van der Waals surface area contributed by atoms with Gasteiger partial charge in [-0.15, -0.1) is 0 Å². The number of aliphatic hydroxyl groups is 1. The molecule has 0 aliphatic heterocycles. The number of allylic oxidation sites excluding steroid dienone is 6. The molecule has 5 nitrogen and oxygen atoms in total. The predicted octanol–water partition coefficient (Wildman–Crippen LogP) is 6.54. The molecular formula is C26H42O5S. The number of unbranched alkanes of at least 4 members (excludes halogenated alkanes) is 6. The lowest BCUT2D eigenvalue weighted by Crippen LogP contribution is -2.21. The normalized spacial score (nSPS) is 14.2. The van der Waals surface area contributed by atoms with E-state index in [1.165, 1.54) is 38.5 Å². The number of rotatable bonds is 21. The van der Waals surface area contributed by atoms with E-state index in [9.17, 15) is 14.7 Å². The highest BCUT2D eigenvalue weighted by Gasteiger charge is 2.16. The number of hydrogen-bond donors (Lipinski definition) is 3. The van der Waals surface area contributed by atoms with Gasteiger partial charge in [-0.3, -0.25) is 9.59 Å². The van der Waals surface area contributed by atoms with Gasteiger partial charge < -0.3 is 15.3 Å². The maximum absolute atomic E-state index is 10.7. The van der Waals surface area contributed by atoms with Crippen LogP contribution in [0.15, 0.2) is 48.6 Å². The molecule has 0 saturated heterocycles. The van der Waals surface area contributed by atoms with Crippen molar-refractivity contribution in [1.82, 2.24) is 0 Å². The van der Waals surface area contributed by atoms with Gasteiger partial charge in [0.1, 0.15) is 0 Å². The molecule has 2 atom stereocenters. The summed E-state index contributed by atoms with van der Waals surface area (Å²) >= 11 is 1.60. The number of hydrogen-bond acceptors (Lipinski definition) is 4. The van der Waals surface area contributed by atoms with E-state index in [-0.39, 0.29) is 18.1 Å². The zero-order valence-electron chi connectivity index (χ0n) is 19.5. The first kappa shape index (κ1) is 30.2. The molecule has 0 aromatic heterocycles. The van der Waals surface area contributed by atoms with E-state index in [1.807, 2.05) is 30.4 Å². The van der Waals surface area contributed by atoms with Crippen LogP contribution in [0.4, 0.5) is 0 Å². The maximum atomic E-state index is 10.7. The maximum Gasteiger partial charge on any atom is 0.307 e. The van der Waals surface area contributed by atoms with Crippen molar-refractivity contribution in [3.8, 4) is 0 Å². The van der Waals surface area contributed by atoms with E-state index in [0.717, 1.165) is 18.6 Å². The molecule has 0 aromatic carbocycles. The standard InChI is InChI=1S/C26H42O5S/c1-2-3-4-5-6-7-8-9-10-11-12-14-19-24(23(27)18-17-21-26(30)31)32-22-16-13-15-20-25(28)29/h9-15,19,23-24,27H,2-8,16-18,20-22H2,1H3,(H,28,29)(H,30,31)/b10-9-,12-11+,15-13+,19-14+/t23-,24+/m1/s1. The molecule has 0 aromatic rings. The van der Waals surface area contributed by atoms with Crippen molar-refractivity contribution in [2.75, 3.05) is 5.75 Å². The Hall–Kier alpha value is -1.79. The molecule has 3 N–H and O–H groups in total. The molecule has 182 valence electrons. The van der Waals surface area contributed by atoms with E-state index in [1.54, 1.807) is 17.8 Å². The third kappa shape index (κ3) is 21.4. The molecule has 0 rings (SSSR count). The van der Waals surface area contributed by atoms with Gasteiger partial charge in [0.2, 0.25) is 0 Å². The molecule has 0 saturated carbocycles. The molecular weight excluding hydrogens is 424 g/mol. The molecule has 0 spiro atoms. The fourth-order valence-corrected chi connectivity index (χ4v) is 4.12. The Balaban J connectivity index is 4.39. The lowest BCUT2D eigenvalue weighted by atomic mass is 10.1. The molecule has 0 radical (unpaired) electrons. The van der Waals surface area contributed by atoms with Gasteiger partial charge in [0, 0.05) is 11.7 Å². The molecule has 0 bridgehead atoms. The highest BCUT2D eigenvalue weighted by atomic mass is 32.2. The summed E-state index contributed by atoms with van der Waals surface area (Å²) in [7, 11) is 0. The van der Waals surface area contributed by atoms with Crippen LogP contribution in [0.25, 0.3) is 0 Å². The first-order valence-corrected chi connectivity index (χ1v) is 12.9. The van der Waals surface area contributed by atoms with Crippen LogP contribution in [-0.2, 0) is 9.59 Å². The van der Waals surface area contributed by atoms with Gasteiger partial charge in [-0.2, -0.15) is 11.8 Å². The quantitative estimate of drug-likeness (QED) is 0.101. The Kier molecular flexibility index (Phi) is 21.2. The Labute approximate surface area is 198 Å². The fourth-order valence-electron chi connectivity index (χ4n) is 3.02. The van der Waals surface area contributed by atoms with Crippen molar-refractivity contribution >= 4 is 23.7 Å². The van der Waals surface area contributed by atoms with Gasteiger partial charge in [-0.25, -0.2) is 0 Å². The SMILES string of the molecule is CCCCCCCC\C=C/C=C/C=C/[C@H](SCC/C=C/CC(=O)O)[C@H](O)CCCC(=O)O. The van der Waals surface area contributed by atoms with Crippen molar-refractivity contribution in [2.24, 2.45) is 0 Å². The molecule has 0 unspecified atom stereocenters. The molecule has 0 heterocycles. The zero-order chi connectivity index (χ0) is 23.9. The van der Waals surface area contributed by atoms with Crippen molar-refractivity contribution in [2.45, 2.75) is 95.3 Å². The smallest absolute Gasteiger partial charge is 0.307 e. The van der Waals surface area contributed by atoms with Gasteiger partial charge in [0.15, 0.2) is 0 Å². The van der Waals surface area contributed by atoms with E-state index < -0.39 is 18.0 Å². The van der Waals surface area contributed by atoms with Crippen LogP contribution in [-0.4, -0.2) is 44.4 Å². The van der Waals surface area contributed by atoms with Crippen LogP contribution in [0.3, 0.4) is 0 Å². The summed E-state index contributed by atoms with van der Waals surface area (Å²) < 4.78 is 0. The van der Waals surface area contributed by atoms with Crippen LogP contribution in [0, 0.1) is 0 Å². The summed E-state index contributed by atoms with van der Waals surface area (Å²) in [5.74, 6) is -0.948. The van der Waals surface area contributed by atoms with E-state index >= 15 is 0 Å². The topological polar surface area (TPSA) is 94.8 Å². The molecule has 6 heteroatoms. The molecule has 0 aliphatic rings. The monoisotopic (exact) mass is 466 g/mol. The Morgan fingerprint density at radius 2 is 1.53 bits per heavy atom. The average Bonchev–Trinajstić information content (AvgIpc) is 2.74. The van der Waals surface area contributed by atoms with Gasteiger partial charge in [-0.05, 0) is 37.9 Å². The summed E-state index contributed by atoms with van der Waals surface area (Å²) in [5, 5.41) is 27.8. The number of aliphatic carboxylic acids is 2. The van der Waals surface area contributed by atoms with Crippen LogP contribution in [0.5, 0.6) is 0 Å². The van der Waals surface area contributed by atoms with Crippen molar-refractivity contribution in [1.29, 1.82) is 0 Å². The third-order valence-electron chi connectivity index (χ3n) is 4.82. The third-order valence-corrected chi connectivity index (χ3v) is 6.15. The molecule has 32 heavy (non-hydrogen) atoms. The second-order valence-corrected chi connectivity index (χ2v) is 9.09. The number of carbonyl (C=O) groups is 2. The lowest BCUT2D eigenvalue weighted by Gasteiger charge is -2.19. The van der Waals surface area contributed by atoms with Gasteiger partial charge in [0.05, 0.1) is 12.5 Å². The number of aliphatic hydroxyl groups excluding tert-OH is 1. The highest BCUT2D eigenvalue weighted by Crippen LogP contribution is 2.21. The van der Waals surface area contributed by atoms with Gasteiger partial charge >= 0.3 is 11.9 Å². The molecule has 0 fully saturated rings. The second kappa shape index (κ2) is 22.4. The van der Waals surface area contributed by atoms with Gasteiger partial charge in [0.25, 0.3) is 0 Å². The zero-order valence-corrected chi connectivity index (χ0v) is 20.3. The van der Waals surface area contributed by atoms with E-state index in [0.29, 0.717) is 12.8 Å². The Morgan fingerprint density at radius 1 is 0.812 bits per heavy atom. The van der Waals surface area contributed by atoms with Gasteiger partial charge in [-0.1, -0.05) is 87.6 Å². The van der Waals surface area contributed by atoms with Crippen LogP contribution < -0.4 is 0 Å². The highest BCUT2D eigenvalue weighted by molar-refractivity contribution is 8.00. The summed E-state index contributed by atoms with van der Waals surface area (Å²) in [5.41, 5.74) is 0. The summed E-state index contributed by atoms with van der Waals surface area (Å²) in [6, 6.07) is 0. The van der Waals surface area contributed by atoms with E-state index in [4.69, 9.17) is 10.2 Å². The van der Waals surface area contributed by atoms with E-state index in [2.05, 4.69) is 19.1 Å². The minimum absolute atomic E-state index is 0.0168. The fraction of sp³-hybridized carbons (Fsp3) is 0.615. The van der Waals surface area contributed by atoms with Crippen LogP contribution in [0.2, 0.25) is 0 Å². The van der Waals surface area contributed by atoms with Crippen LogP contribution >= 0.6 is 11.8 Å². The summed E-state index contributed by atoms with van der Waals surface area (Å²) in [6.07, 6.45) is 25.5. The lowest BCUT2D eigenvalue weighted by molar-refractivity contribution is -0.137.